The Morgan fingerprint density at radius 1 is 1.00 bits per heavy atom. The molecule has 16 heavy (non-hydrogen) atoms. The molecule has 2 rings (SSSR count). The lowest BCUT2D eigenvalue weighted by atomic mass is 9.83. The molecule has 0 amide bonds. The Kier molecular flexibility index (Phi) is 2.83. The first-order chi connectivity index (χ1) is 7.41. The first-order valence-corrected chi connectivity index (χ1v) is 6.19. The van der Waals surface area contributed by atoms with Crippen molar-refractivity contribution in [1.29, 1.82) is 0 Å². The number of hydrogen-bond acceptors (Lipinski definition) is 1. The highest BCUT2D eigenvalue weighted by Crippen LogP contribution is 2.41. The van der Waals surface area contributed by atoms with Gasteiger partial charge in [0.25, 0.3) is 0 Å². The molecule has 1 aromatic rings. The maximum absolute atomic E-state index is 6.29. The summed E-state index contributed by atoms with van der Waals surface area (Å²) >= 11 is 0. The van der Waals surface area contributed by atoms with Crippen LogP contribution in [0, 0.1) is 6.92 Å². The van der Waals surface area contributed by atoms with E-state index in [1.54, 1.807) is 0 Å². The molecule has 1 saturated heterocycles. The number of benzene rings is 1. The maximum atomic E-state index is 6.29. The highest BCUT2D eigenvalue weighted by Gasteiger charge is 2.38. The summed E-state index contributed by atoms with van der Waals surface area (Å²) in [4.78, 5) is 0. The zero-order valence-corrected chi connectivity index (χ0v) is 10.8. The molecule has 0 unspecified atom stereocenters. The van der Waals surface area contributed by atoms with Crippen molar-refractivity contribution in [2.45, 2.75) is 58.2 Å². The van der Waals surface area contributed by atoms with E-state index in [-0.39, 0.29) is 11.2 Å². The maximum Gasteiger partial charge on any atom is 0.0910 e. The molecule has 1 atom stereocenters. The molecule has 0 radical (unpaired) electrons. The van der Waals surface area contributed by atoms with Gasteiger partial charge in [0.1, 0.15) is 0 Å². The predicted octanol–water partition coefficient (Wildman–Crippen LogP) is 4.19. The minimum absolute atomic E-state index is 0.0118. The van der Waals surface area contributed by atoms with Gasteiger partial charge >= 0.3 is 0 Å². The minimum atomic E-state index is -0.102. The molecule has 1 nitrogen and oxygen atoms in total. The molecule has 0 aromatic heterocycles. The number of ether oxygens (including phenoxy) is 1. The summed E-state index contributed by atoms with van der Waals surface area (Å²) < 4.78 is 6.29. The van der Waals surface area contributed by atoms with Gasteiger partial charge in [-0.2, -0.15) is 0 Å². The standard InChI is InChI=1S/C15H22O/c1-12-6-8-13(9-7-12)15(4)11-5-10-14(2,3)16-15/h6-9H,5,10-11H2,1-4H3/t15-/m1/s1. The number of hydrogen-bond donors (Lipinski definition) is 0. The van der Waals surface area contributed by atoms with Crippen LogP contribution in [-0.2, 0) is 10.3 Å². The molecular formula is C15H22O. The third kappa shape index (κ3) is 2.30. The van der Waals surface area contributed by atoms with Gasteiger partial charge < -0.3 is 4.74 Å². The van der Waals surface area contributed by atoms with Crippen LogP contribution in [0.3, 0.4) is 0 Å². The molecule has 0 saturated carbocycles. The molecule has 88 valence electrons. The van der Waals surface area contributed by atoms with Crippen molar-refractivity contribution in [2.75, 3.05) is 0 Å². The van der Waals surface area contributed by atoms with Crippen molar-refractivity contribution in [3.8, 4) is 0 Å². The van der Waals surface area contributed by atoms with Crippen LogP contribution >= 0.6 is 0 Å². The smallest absolute Gasteiger partial charge is 0.0910 e. The molecule has 1 heteroatoms. The van der Waals surface area contributed by atoms with Crippen LogP contribution in [0.15, 0.2) is 24.3 Å². The fourth-order valence-electron chi connectivity index (χ4n) is 2.67. The van der Waals surface area contributed by atoms with E-state index < -0.39 is 0 Å². The van der Waals surface area contributed by atoms with Crippen molar-refractivity contribution in [1.82, 2.24) is 0 Å². The van der Waals surface area contributed by atoms with Crippen LogP contribution < -0.4 is 0 Å². The average molecular weight is 218 g/mol. The van der Waals surface area contributed by atoms with Crippen LogP contribution in [0.2, 0.25) is 0 Å². The second-order valence-corrected chi connectivity index (χ2v) is 5.81. The first-order valence-electron chi connectivity index (χ1n) is 6.19. The van der Waals surface area contributed by atoms with Crippen molar-refractivity contribution in [3.63, 3.8) is 0 Å². The molecule has 1 aliphatic heterocycles. The van der Waals surface area contributed by atoms with Crippen molar-refractivity contribution in [2.24, 2.45) is 0 Å². The van der Waals surface area contributed by atoms with Crippen molar-refractivity contribution >= 4 is 0 Å². The zero-order chi connectivity index (χ0) is 11.8. The van der Waals surface area contributed by atoms with E-state index in [9.17, 15) is 0 Å². The van der Waals surface area contributed by atoms with Gasteiger partial charge in [0.05, 0.1) is 11.2 Å². The third-order valence-electron chi connectivity index (χ3n) is 3.60. The summed E-state index contributed by atoms with van der Waals surface area (Å²) in [5, 5.41) is 0. The van der Waals surface area contributed by atoms with Crippen LogP contribution in [0.1, 0.15) is 51.2 Å². The summed E-state index contributed by atoms with van der Waals surface area (Å²) in [7, 11) is 0. The molecule has 1 fully saturated rings. The van der Waals surface area contributed by atoms with Gasteiger partial charge in [-0.1, -0.05) is 29.8 Å². The van der Waals surface area contributed by atoms with E-state index in [2.05, 4.69) is 52.0 Å². The van der Waals surface area contributed by atoms with E-state index in [0.717, 1.165) is 12.8 Å². The molecule has 1 aromatic carbocycles. The Labute approximate surface area is 98.8 Å². The quantitative estimate of drug-likeness (QED) is 0.686. The summed E-state index contributed by atoms with van der Waals surface area (Å²) in [6, 6.07) is 8.75. The Balaban J connectivity index is 2.27. The van der Waals surface area contributed by atoms with Crippen molar-refractivity contribution in [3.05, 3.63) is 35.4 Å². The molecule has 0 N–H and O–H groups in total. The van der Waals surface area contributed by atoms with Crippen molar-refractivity contribution < 1.29 is 4.74 Å². The van der Waals surface area contributed by atoms with Gasteiger partial charge in [0, 0.05) is 0 Å². The SMILES string of the molecule is Cc1ccc([C@@]2(C)CCCC(C)(C)O2)cc1. The average Bonchev–Trinajstić information content (AvgIpc) is 2.16. The largest absolute Gasteiger partial charge is 0.365 e. The van der Waals surface area contributed by atoms with E-state index in [0.29, 0.717) is 0 Å². The topological polar surface area (TPSA) is 9.23 Å². The molecule has 1 heterocycles. The van der Waals surface area contributed by atoms with Crippen LogP contribution in [0.5, 0.6) is 0 Å². The monoisotopic (exact) mass is 218 g/mol. The Morgan fingerprint density at radius 2 is 1.62 bits per heavy atom. The minimum Gasteiger partial charge on any atom is -0.365 e. The number of aryl methyl sites for hydroxylation is 1. The lowest BCUT2D eigenvalue weighted by Gasteiger charge is -2.43. The molecule has 0 aliphatic carbocycles. The van der Waals surface area contributed by atoms with E-state index in [4.69, 9.17) is 4.74 Å². The first kappa shape index (κ1) is 11.7. The summed E-state index contributed by atoms with van der Waals surface area (Å²) in [6.45, 7) is 8.73. The summed E-state index contributed by atoms with van der Waals surface area (Å²) in [6.07, 6.45) is 3.53. The fraction of sp³-hybridized carbons (Fsp3) is 0.600. The van der Waals surface area contributed by atoms with E-state index >= 15 is 0 Å². The van der Waals surface area contributed by atoms with Crippen LogP contribution in [-0.4, -0.2) is 5.60 Å². The highest BCUT2D eigenvalue weighted by molar-refractivity contribution is 5.26. The zero-order valence-electron chi connectivity index (χ0n) is 10.8. The normalized spacial score (nSPS) is 29.0. The Morgan fingerprint density at radius 3 is 2.19 bits per heavy atom. The molecule has 0 bridgehead atoms. The predicted molar refractivity (Wildman–Crippen MR) is 67.5 cm³/mol. The molecule has 0 spiro atoms. The van der Waals surface area contributed by atoms with Gasteiger partial charge in [0.2, 0.25) is 0 Å². The van der Waals surface area contributed by atoms with Gasteiger partial charge in [-0.3, -0.25) is 0 Å². The highest BCUT2D eigenvalue weighted by atomic mass is 16.5. The van der Waals surface area contributed by atoms with Crippen LogP contribution in [0.4, 0.5) is 0 Å². The van der Waals surface area contributed by atoms with E-state index in [1.165, 1.54) is 17.5 Å². The van der Waals surface area contributed by atoms with Crippen LogP contribution in [0.25, 0.3) is 0 Å². The Bertz CT molecular complexity index is 364. The van der Waals surface area contributed by atoms with Gasteiger partial charge in [-0.15, -0.1) is 0 Å². The van der Waals surface area contributed by atoms with E-state index in [1.807, 2.05) is 0 Å². The second kappa shape index (κ2) is 3.89. The third-order valence-corrected chi connectivity index (χ3v) is 3.60. The number of rotatable bonds is 1. The van der Waals surface area contributed by atoms with Gasteiger partial charge in [-0.05, 0) is 52.5 Å². The lowest BCUT2D eigenvalue weighted by molar-refractivity contribution is -0.170. The fourth-order valence-corrected chi connectivity index (χ4v) is 2.67. The van der Waals surface area contributed by atoms with Gasteiger partial charge in [-0.25, -0.2) is 0 Å². The Hall–Kier alpha value is -0.820. The molecular weight excluding hydrogens is 196 g/mol. The lowest BCUT2D eigenvalue weighted by Crippen LogP contribution is -2.41. The summed E-state index contributed by atoms with van der Waals surface area (Å²) in [5.41, 5.74) is 2.53. The van der Waals surface area contributed by atoms with Gasteiger partial charge in [0.15, 0.2) is 0 Å². The summed E-state index contributed by atoms with van der Waals surface area (Å²) in [5.74, 6) is 0. The molecule has 1 aliphatic rings. The second-order valence-electron chi connectivity index (χ2n) is 5.81.